The lowest BCUT2D eigenvalue weighted by Gasteiger charge is -2.32. The van der Waals surface area contributed by atoms with Crippen molar-refractivity contribution in [2.75, 3.05) is 33.0 Å². The van der Waals surface area contributed by atoms with Crippen molar-refractivity contribution in [3.05, 3.63) is 57.6 Å². The first-order chi connectivity index (χ1) is 12.2. The molecule has 0 bridgehead atoms. The standard InChI is InChI=1S/C19H20Cl2N2O2/c20-14-3-4-15(16(21)11-14)19(23-8-1-6-22-7-9-23)13-2-5-17-18(10-13)25-12-24-17/h2-5,10-11,19,22H,1,6-9,12H2. The molecule has 1 saturated heterocycles. The Labute approximate surface area is 157 Å². The highest BCUT2D eigenvalue weighted by atomic mass is 35.5. The summed E-state index contributed by atoms with van der Waals surface area (Å²) in [6.07, 6.45) is 1.10. The van der Waals surface area contributed by atoms with Crippen LogP contribution in [0.15, 0.2) is 36.4 Å². The zero-order valence-electron chi connectivity index (χ0n) is 13.8. The van der Waals surface area contributed by atoms with Crippen LogP contribution in [0.2, 0.25) is 10.0 Å². The lowest BCUT2D eigenvalue weighted by atomic mass is 9.96. The van der Waals surface area contributed by atoms with Crippen LogP contribution in [-0.4, -0.2) is 37.9 Å². The molecule has 2 aromatic carbocycles. The summed E-state index contributed by atoms with van der Waals surface area (Å²) in [6.45, 7) is 4.24. The molecule has 4 rings (SSSR count). The topological polar surface area (TPSA) is 33.7 Å². The molecule has 1 unspecified atom stereocenters. The molecule has 0 aliphatic carbocycles. The normalized spacial score (nSPS) is 18.8. The molecule has 2 heterocycles. The minimum absolute atomic E-state index is 0.0548. The molecule has 25 heavy (non-hydrogen) atoms. The fourth-order valence-electron chi connectivity index (χ4n) is 3.52. The number of fused-ring (bicyclic) bond motifs is 1. The van der Waals surface area contributed by atoms with E-state index in [0.717, 1.165) is 55.2 Å². The monoisotopic (exact) mass is 378 g/mol. The highest BCUT2D eigenvalue weighted by molar-refractivity contribution is 6.35. The molecule has 1 N–H and O–H groups in total. The molecule has 1 atom stereocenters. The summed E-state index contributed by atoms with van der Waals surface area (Å²) in [5.41, 5.74) is 2.21. The Hall–Kier alpha value is -1.46. The summed E-state index contributed by atoms with van der Waals surface area (Å²) in [5, 5.41) is 4.80. The summed E-state index contributed by atoms with van der Waals surface area (Å²) in [5.74, 6) is 1.59. The predicted molar refractivity (Wildman–Crippen MR) is 99.9 cm³/mol. The number of benzene rings is 2. The third-order valence-corrected chi connectivity index (χ3v) is 5.27. The van der Waals surface area contributed by atoms with Crippen molar-refractivity contribution in [2.45, 2.75) is 12.5 Å². The van der Waals surface area contributed by atoms with Gasteiger partial charge in [-0.25, -0.2) is 0 Å². The van der Waals surface area contributed by atoms with E-state index in [0.29, 0.717) is 10.0 Å². The Bertz CT molecular complexity index is 761. The van der Waals surface area contributed by atoms with E-state index in [9.17, 15) is 0 Å². The first-order valence-electron chi connectivity index (χ1n) is 8.51. The molecule has 1 fully saturated rings. The molecule has 6 heteroatoms. The van der Waals surface area contributed by atoms with E-state index in [1.165, 1.54) is 0 Å². The predicted octanol–water partition coefficient (Wildman–Crippen LogP) is 4.11. The van der Waals surface area contributed by atoms with Gasteiger partial charge >= 0.3 is 0 Å². The number of rotatable bonds is 3. The fraction of sp³-hybridized carbons (Fsp3) is 0.368. The summed E-state index contributed by atoms with van der Waals surface area (Å²) in [6, 6.07) is 11.9. The Kier molecular flexibility index (Phi) is 5.04. The van der Waals surface area contributed by atoms with Crippen LogP contribution < -0.4 is 14.8 Å². The lowest BCUT2D eigenvalue weighted by molar-refractivity contribution is 0.173. The maximum atomic E-state index is 6.57. The van der Waals surface area contributed by atoms with Crippen LogP contribution in [0.3, 0.4) is 0 Å². The second-order valence-corrected chi connectivity index (χ2v) is 7.16. The van der Waals surface area contributed by atoms with Crippen molar-refractivity contribution in [2.24, 2.45) is 0 Å². The Morgan fingerprint density at radius 1 is 0.960 bits per heavy atom. The van der Waals surface area contributed by atoms with Crippen LogP contribution >= 0.6 is 23.2 Å². The van der Waals surface area contributed by atoms with Gasteiger partial charge in [-0.1, -0.05) is 35.3 Å². The van der Waals surface area contributed by atoms with Crippen molar-refractivity contribution in [3.8, 4) is 11.5 Å². The zero-order chi connectivity index (χ0) is 17.2. The number of ether oxygens (including phenoxy) is 2. The van der Waals surface area contributed by atoms with Gasteiger partial charge in [-0.05, 0) is 48.4 Å². The van der Waals surface area contributed by atoms with Gasteiger partial charge in [-0.2, -0.15) is 0 Å². The van der Waals surface area contributed by atoms with Gasteiger partial charge in [-0.15, -0.1) is 0 Å². The number of nitrogens with one attached hydrogen (secondary N) is 1. The molecule has 0 saturated carbocycles. The summed E-state index contributed by atoms with van der Waals surface area (Å²) < 4.78 is 11.0. The van der Waals surface area contributed by atoms with Gasteiger partial charge in [0.15, 0.2) is 11.5 Å². The average molecular weight is 379 g/mol. The van der Waals surface area contributed by atoms with E-state index in [-0.39, 0.29) is 12.8 Å². The van der Waals surface area contributed by atoms with Gasteiger partial charge < -0.3 is 14.8 Å². The third-order valence-electron chi connectivity index (χ3n) is 4.71. The zero-order valence-corrected chi connectivity index (χ0v) is 15.3. The van der Waals surface area contributed by atoms with Crippen molar-refractivity contribution in [3.63, 3.8) is 0 Å². The Morgan fingerprint density at radius 3 is 2.72 bits per heavy atom. The maximum absolute atomic E-state index is 6.57. The van der Waals surface area contributed by atoms with Gasteiger partial charge in [0.25, 0.3) is 0 Å². The Morgan fingerprint density at radius 2 is 1.84 bits per heavy atom. The molecule has 0 spiro atoms. The van der Waals surface area contributed by atoms with Crippen molar-refractivity contribution < 1.29 is 9.47 Å². The largest absolute Gasteiger partial charge is 0.454 e. The molecular weight excluding hydrogens is 359 g/mol. The first-order valence-corrected chi connectivity index (χ1v) is 9.27. The highest BCUT2D eigenvalue weighted by Gasteiger charge is 2.27. The molecule has 0 radical (unpaired) electrons. The maximum Gasteiger partial charge on any atom is 0.231 e. The number of halogens is 2. The summed E-state index contributed by atoms with van der Waals surface area (Å²) in [7, 11) is 0. The van der Waals surface area contributed by atoms with Crippen LogP contribution in [0.1, 0.15) is 23.6 Å². The average Bonchev–Trinajstić information content (AvgIpc) is 2.91. The van der Waals surface area contributed by atoms with Gasteiger partial charge in [0.2, 0.25) is 6.79 Å². The molecule has 2 aliphatic heterocycles. The number of hydrogen-bond acceptors (Lipinski definition) is 4. The molecule has 0 amide bonds. The number of nitrogens with zero attached hydrogens (tertiary/aromatic N) is 1. The van der Waals surface area contributed by atoms with E-state index >= 15 is 0 Å². The van der Waals surface area contributed by atoms with Crippen LogP contribution in [0.25, 0.3) is 0 Å². The van der Waals surface area contributed by atoms with Gasteiger partial charge in [-0.3, -0.25) is 4.90 Å². The molecule has 132 valence electrons. The summed E-state index contributed by atoms with van der Waals surface area (Å²) >= 11 is 12.7. The van der Waals surface area contributed by atoms with E-state index in [1.807, 2.05) is 24.3 Å². The Balaban J connectivity index is 1.77. The minimum atomic E-state index is 0.0548. The van der Waals surface area contributed by atoms with Crippen LogP contribution in [0.4, 0.5) is 0 Å². The van der Waals surface area contributed by atoms with Gasteiger partial charge in [0.05, 0.1) is 6.04 Å². The van der Waals surface area contributed by atoms with Crippen LogP contribution in [-0.2, 0) is 0 Å². The second-order valence-electron chi connectivity index (χ2n) is 6.32. The van der Waals surface area contributed by atoms with Crippen molar-refractivity contribution in [1.29, 1.82) is 0 Å². The van der Waals surface area contributed by atoms with Crippen LogP contribution in [0.5, 0.6) is 11.5 Å². The van der Waals surface area contributed by atoms with E-state index in [2.05, 4.69) is 22.3 Å². The van der Waals surface area contributed by atoms with Crippen LogP contribution in [0, 0.1) is 0 Å². The highest BCUT2D eigenvalue weighted by Crippen LogP contribution is 2.40. The van der Waals surface area contributed by atoms with E-state index in [1.54, 1.807) is 0 Å². The smallest absolute Gasteiger partial charge is 0.231 e. The SMILES string of the molecule is Clc1ccc(C(c2ccc3c(c2)OCO3)N2CCCNCC2)c(Cl)c1. The van der Waals surface area contributed by atoms with Crippen molar-refractivity contribution in [1.82, 2.24) is 10.2 Å². The second kappa shape index (κ2) is 7.42. The fourth-order valence-corrected chi connectivity index (χ4v) is 4.03. The first kappa shape index (κ1) is 17.0. The molecule has 4 nitrogen and oxygen atoms in total. The summed E-state index contributed by atoms with van der Waals surface area (Å²) in [4.78, 5) is 2.46. The quantitative estimate of drug-likeness (QED) is 0.871. The van der Waals surface area contributed by atoms with Gasteiger partial charge in [0, 0.05) is 29.7 Å². The van der Waals surface area contributed by atoms with Gasteiger partial charge in [0.1, 0.15) is 0 Å². The number of hydrogen-bond donors (Lipinski definition) is 1. The lowest BCUT2D eigenvalue weighted by Crippen LogP contribution is -2.33. The third kappa shape index (κ3) is 3.58. The van der Waals surface area contributed by atoms with E-state index < -0.39 is 0 Å². The molecule has 2 aliphatic rings. The molecular formula is C19H20Cl2N2O2. The van der Waals surface area contributed by atoms with Crippen molar-refractivity contribution >= 4 is 23.2 Å². The van der Waals surface area contributed by atoms with E-state index in [4.69, 9.17) is 32.7 Å². The molecule has 0 aromatic heterocycles. The minimum Gasteiger partial charge on any atom is -0.454 e. The molecule has 2 aromatic rings.